The topological polar surface area (TPSA) is 38.5 Å². The predicted molar refractivity (Wildman–Crippen MR) is 83.4 cm³/mol. The Kier molecular flexibility index (Phi) is 5.11. The molecule has 3 nitrogen and oxygen atoms in total. The molecular formula is C15H23BrN2O. The summed E-state index contributed by atoms with van der Waals surface area (Å²) in [4.78, 5) is 2.43. The molecule has 2 N–H and O–H groups in total. The van der Waals surface area contributed by atoms with Crippen molar-refractivity contribution in [2.45, 2.75) is 44.7 Å². The van der Waals surface area contributed by atoms with Gasteiger partial charge in [-0.3, -0.25) is 4.90 Å². The number of anilines is 1. The smallest absolute Gasteiger partial charge is 0.143 e. The molecule has 0 atom stereocenters. The molecular weight excluding hydrogens is 304 g/mol. The van der Waals surface area contributed by atoms with Crippen LogP contribution in [0.5, 0.6) is 5.75 Å². The van der Waals surface area contributed by atoms with E-state index in [4.69, 9.17) is 10.5 Å². The standard InChI is InChI=1S/C15H23BrN2O/c1-18(13-6-4-3-5-7-13)10-11-8-12(16)9-14(19-2)15(11)17/h8-9,13H,3-7,10,17H2,1-2H3. The molecule has 1 fully saturated rings. The summed E-state index contributed by atoms with van der Waals surface area (Å²) in [6.45, 7) is 0.881. The van der Waals surface area contributed by atoms with Gasteiger partial charge in [0.1, 0.15) is 5.75 Å². The van der Waals surface area contributed by atoms with Crippen LogP contribution in [0.1, 0.15) is 37.7 Å². The zero-order chi connectivity index (χ0) is 13.8. The summed E-state index contributed by atoms with van der Waals surface area (Å²) >= 11 is 3.52. The number of nitrogen functional groups attached to an aromatic ring is 1. The van der Waals surface area contributed by atoms with Gasteiger partial charge >= 0.3 is 0 Å². The van der Waals surface area contributed by atoms with E-state index in [0.717, 1.165) is 28.0 Å². The third-order valence-corrected chi connectivity index (χ3v) is 4.49. The number of methoxy groups -OCH3 is 1. The molecule has 0 saturated heterocycles. The highest BCUT2D eigenvalue weighted by Gasteiger charge is 2.19. The number of hydrogen-bond acceptors (Lipinski definition) is 3. The van der Waals surface area contributed by atoms with Crippen molar-refractivity contribution in [3.63, 3.8) is 0 Å². The Labute approximate surface area is 124 Å². The second-order valence-corrected chi connectivity index (χ2v) is 6.30. The van der Waals surface area contributed by atoms with Gasteiger partial charge in [0, 0.05) is 17.1 Å². The third kappa shape index (κ3) is 3.63. The van der Waals surface area contributed by atoms with Crippen LogP contribution in [-0.2, 0) is 6.54 Å². The second-order valence-electron chi connectivity index (χ2n) is 5.39. The minimum Gasteiger partial charge on any atom is -0.495 e. The van der Waals surface area contributed by atoms with Gasteiger partial charge in [0.15, 0.2) is 0 Å². The number of benzene rings is 1. The van der Waals surface area contributed by atoms with E-state index < -0.39 is 0 Å². The summed E-state index contributed by atoms with van der Waals surface area (Å²) in [5.41, 5.74) is 8.06. The zero-order valence-corrected chi connectivity index (χ0v) is 13.4. The van der Waals surface area contributed by atoms with Gasteiger partial charge in [-0.15, -0.1) is 0 Å². The quantitative estimate of drug-likeness (QED) is 0.855. The van der Waals surface area contributed by atoms with Crippen molar-refractivity contribution in [3.05, 3.63) is 22.2 Å². The molecule has 0 aliphatic heterocycles. The van der Waals surface area contributed by atoms with Crippen molar-refractivity contribution >= 4 is 21.6 Å². The van der Waals surface area contributed by atoms with Crippen molar-refractivity contribution in [2.24, 2.45) is 0 Å². The SMILES string of the molecule is COc1cc(Br)cc(CN(C)C2CCCCC2)c1N. The molecule has 0 heterocycles. The molecule has 1 aromatic rings. The van der Waals surface area contributed by atoms with Crippen LogP contribution in [0.2, 0.25) is 0 Å². The fourth-order valence-electron chi connectivity index (χ4n) is 2.87. The Hall–Kier alpha value is -0.740. The van der Waals surface area contributed by atoms with Crippen LogP contribution in [0.4, 0.5) is 5.69 Å². The maximum Gasteiger partial charge on any atom is 0.143 e. The van der Waals surface area contributed by atoms with Crippen LogP contribution in [-0.4, -0.2) is 25.1 Å². The highest BCUT2D eigenvalue weighted by molar-refractivity contribution is 9.10. The molecule has 0 aromatic heterocycles. The highest BCUT2D eigenvalue weighted by atomic mass is 79.9. The monoisotopic (exact) mass is 326 g/mol. The van der Waals surface area contributed by atoms with Crippen molar-refractivity contribution in [1.82, 2.24) is 4.90 Å². The summed E-state index contributed by atoms with van der Waals surface area (Å²) < 4.78 is 6.34. The van der Waals surface area contributed by atoms with E-state index in [9.17, 15) is 0 Å². The van der Waals surface area contributed by atoms with Gasteiger partial charge in [-0.1, -0.05) is 35.2 Å². The minimum absolute atomic E-state index is 0.693. The number of nitrogens with zero attached hydrogens (tertiary/aromatic N) is 1. The van der Waals surface area contributed by atoms with Crippen molar-refractivity contribution < 1.29 is 4.74 Å². The molecule has 0 radical (unpaired) electrons. The lowest BCUT2D eigenvalue weighted by molar-refractivity contribution is 0.184. The molecule has 1 aromatic carbocycles. The van der Waals surface area contributed by atoms with Crippen molar-refractivity contribution in [1.29, 1.82) is 0 Å². The van der Waals surface area contributed by atoms with E-state index in [1.54, 1.807) is 7.11 Å². The molecule has 0 bridgehead atoms. The van der Waals surface area contributed by atoms with Gasteiger partial charge in [-0.05, 0) is 37.6 Å². The zero-order valence-electron chi connectivity index (χ0n) is 11.8. The number of hydrogen-bond donors (Lipinski definition) is 1. The van der Waals surface area contributed by atoms with Gasteiger partial charge in [-0.25, -0.2) is 0 Å². The summed E-state index contributed by atoms with van der Waals surface area (Å²) in [7, 11) is 3.86. The normalized spacial score (nSPS) is 16.8. The fraction of sp³-hybridized carbons (Fsp3) is 0.600. The van der Waals surface area contributed by atoms with Gasteiger partial charge < -0.3 is 10.5 Å². The van der Waals surface area contributed by atoms with E-state index in [0.29, 0.717) is 6.04 Å². The second kappa shape index (κ2) is 6.62. The Balaban J connectivity index is 2.11. The number of halogens is 1. The van der Waals surface area contributed by atoms with Gasteiger partial charge in [-0.2, -0.15) is 0 Å². The van der Waals surface area contributed by atoms with Crippen LogP contribution in [0.15, 0.2) is 16.6 Å². The van der Waals surface area contributed by atoms with E-state index in [1.165, 1.54) is 32.1 Å². The molecule has 1 saturated carbocycles. The number of nitrogens with two attached hydrogens (primary N) is 1. The Morgan fingerprint density at radius 2 is 2.00 bits per heavy atom. The van der Waals surface area contributed by atoms with Crippen molar-refractivity contribution in [3.8, 4) is 5.75 Å². The molecule has 4 heteroatoms. The summed E-state index contributed by atoms with van der Waals surface area (Å²) in [5, 5.41) is 0. The Bertz CT molecular complexity index is 430. The average Bonchev–Trinajstić information content (AvgIpc) is 2.43. The van der Waals surface area contributed by atoms with Crippen LogP contribution >= 0.6 is 15.9 Å². The first-order valence-electron chi connectivity index (χ1n) is 6.94. The first kappa shape index (κ1) is 14.7. The van der Waals surface area contributed by atoms with Crippen LogP contribution in [0.25, 0.3) is 0 Å². The summed E-state index contributed by atoms with van der Waals surface area (Å²) in [5.74, 6) is 0.751. The van der Waals surface area contributed by atoms with Gasteiger partial charge in [0.2, 0.25) is 0 Å². The average molecular weight is 327 g/mol. The van der Waals surface area contributed by atoms with E-state index in [-0.39, 0.29) is 0 Å². The minimum atomic E-state index is 0.693. The van der Waals surface area contributed by atoms with Gasteiger partial charge in [0.05, 0.1) is 12.8 Å². The van der Waals surface area contributed by atoms with E-state index in [1.807, 2.05) is 6.07 Å². The lowest BCUT2D eigenvalue weighted by Gasteiger charge is -2.31. The van der Waals surface area contributed by atoms with Crippen LogP contribution < -0.4 is 10.5 Å². The van der Waals surface area contributed by atoms with Crippen LogP contribution in [0, 0.1) is 0 Å². The Morgan fingerprint density at radius 1 is 1.32 bits per heavy atom. The molecule has 19 heavy (non-hydrogen) atoms. The van der Waals surface area contributed by atoms with E-state index in [2.05, 4.69) is 33.9 Å². The Morgan fingerprint density at radius 3 is 2.63 bits per heavy atom. The molecule has 2 rings (SSSR count). The molecule has 1 aliphatic rings. The van der Waals surface area contributed by atoms with Crippen molar-refractivity contribution in [2.75, 3.05) is 19.9 Å². The summed E-state index contributed by atoms with van der Waals surface area (Å²) in [6.07, 6.45) is 6.71. The first-order valence-corrected chi connectivity index (χ1v) is 7.73. The lowest BCUT2D eigenvalue weighted by Crippen LogP contribution is -2.33. The number of rotatable bonds is 4. The summed E-state index contributed by atoms with van der Waals surface area (Å²) in [6, 6.07) is 4.70. The fourth-order valence-corrected chi connectivity index (χ4v) is 3.35. The molecule has 106 valence electrons. The van der Waals surface area contributed by atoms with Crippen LogP contribution in [0.3, 0.4) is 0 Å². The van der Waals surface area contributed by atoms with E-state index >= 15 is 0 Å². The van der Waals surface area contributed by atoms with Gasteiger partial charge in [0.25, 0.3) is 0 Å². The maximum absolute atomic E-state index is 6.17. The number of ether oxygens (including phenoxy) is 1. The maximum atomic E-state index is 6.17. The molecule has 1 aliphatic carbocycles. The first-order chi connectivity index (χ1) is 9.11. The third-order valence-electron chi connectivity index (χ3n) is 4.03. The molecule has 0 unspecified atom stereocenters. The predicted octanol–water partition coefficient (Wildman–Crippen LogP) is 3.80. The largest absolute Gasteiger partial charge is 0.495 e. The lowest BCUT2D eigenvalue weighted by atomic mass is 9.94. The molecule has 0 spiro atoms. The highest BCUT2D eigenvalue weighted by Crippen LogP contribution is 2.32. The molecule has 0 amide bonds.